The molecule has 6 heteroatoms. The van der Waals surface area contributed by atoms with E-state index in [1.54, 1.807) is 6.07 Å². The number of halogens is 1. The smallest absolute Gasteiger partial charge is 0.191 e. The van der Waals surface area contributed by atoms with Gasteiger partial charge in [-0.25, -0.2) is 9.38 Å². The molecule has 1 aliphatic heterocycles. The number of rotatable bonds is 7. The van der Waals surface area contributed by atoms with Gasteiger partial charge in [0.05, 0.1) is 19.8 Å². The van der Waals surface area contributed by atoms with Crippen LogP contribution in [-0.4, -0.2) is 56.8 Å². The fourth-order valence-corrected chi connectivity index (χ4v) is 2.48. The summed E-state index contributed by atoms with van der Waals surface area (Å²) in [5.41, 5.74) is 0.871. The molecule has 23 heavy (non-hydrogen) atoms. The van der Waals surface area contributed by atoms with Crippen LogP contribution in [0.4, 0.5) is 4.39 Å². The molecule has 1 fully saturated rings. The maximum atomic E-state index is 13.2. The Labute approximate surface area is 137 Å². The van der Waals surface area contributed by atoms with E-state index in [-0.39, 0.29) is 5.82 Å². The zero-order valence-corrected chi connectivity index (χ0v) is 13.9. The van der Waals surface area contributed by atoms with Gasteiger partial charge in [0.1, 0.15) is 5.82 Å². The van der Waals surface area contributed by atoms with Gasteiger partial charge in [0.25, 0.3) is 0 Å². The summed E-state index contributed by atoms with van der Waals surface area (Å²) in [7, 11) is 0. The molecule has 0 saturated carbocycles. The van der Waals surface area contributed by atoms with E-state index in [1.807, 2.05) is 13.0 Å². The lowest BCUT2D eigenvalue weighted by molar-refractivity contribution is 0.0376. The van der Waals surface area contributed by atoms with Crippen LogP contribution in [0.3, 0.4) is 0 Å². The highest BCUT2D eigenvalue weighted by molar-refractivity contribution is 5.79. The molecule has 0 unspecified atom stereocenters. The maximum Gasteiger partial charge on any atom is 0.191 e. The summed E-state index contributed by atoms with van der Waals surface area (Å²) in [5.74, 6) is 0.555. The quantitative estimate of drug-likeness (QED) is 0.455. The molecule has 0 radical (unpaired) electrons. The highest BCUT2D eigenvalue weighted by Crippen LogP contribution is 2.04. The first-order valence-corrected chi connectivity index (χ1v) is 8.34. The summed E-state index contributed by atoms with van der Waals surface area (Å²) in [4.78, 5) is 6.92. The van der Waals surface area contributed by atoms with Gasteiger partial charge in [-0.1, -0.05) is 12.1 Å². The van der Waals surface area contributed by atoms with Crippen molar-refractivity contribution in [3.63, 3.8) is 0 Å². The largest absolute Gasteiger partial charge is 0.379 e. The Kier molecular flexibility index (Phi) is 7.83. The summed E-state index contributed by atoms with van der Waals surface area (Å²) in [6.45, 7) is 8.96. The highest BCUT2D eigenvalue weighted by atomic mass is 19.1. The molecule has 1 aromatic carbocycles. The Morgan fingerprint density at radius 2 is 2.13 bits per heavy atom. The molecule has 0 bridgehead atoms. The average molecular weight is 322 g/mol. The second-order valence-electron chi connectivity index (χ2n) is 5.56. The maximum absolute atomic E-state index is 13.2. The lowest BCUT2D eigenvalue weighted by atomic mass is 10.2. The van der Waals surface area contributed by atoms with E-state index < -0.39 is 0 Å². The van der Waals surface area contributed by atoms with Crippen molar-refractivity contribution in [3.05, 3.63) is 35.6 Å². The van der Waals surface area contributed by atoms with Gasteiger partial charge in [0, 0.05) is 26.2 Å². The van der Waals surface area contributed by atoms with Gasteiger partial charge >= 0.3 is 0 Å². The first kappa shape index (κ1) is 17.7. The summed E-state index contributed by atoms with van der Waals surface area (Å²) in [6, 6.07) is 6.56. The third kappa shape index (κ3) is 6.97. The van der Waals surface area contributed by atoms with Gasteiger partial charge in [-0.3, -0.25) is 4.90 Å². The third-order valence-corrected chi connectivity index (χ3v) is 3.70. The molecule has 5 nitrogen and oxygen atoms in total. The molecule has 0 aliphatic carbocycles. The standard InChI is InChI=1S/C17H27FN4O/c1-2-19-17(21-14-15-5-3-6-16(18)13-15)20-7-4-8-22-9-11-23-12-10-22/h3,5-6,13H,2,4,7-12,14H2,1H3,(H2,19,20,21). The van der Waals surface area contributed by atoms with E-state index in [4.69, 9.17) is 4.74 Å². The summed E-state index contributed by atoms with van der Waals surface area (Å²) >= 11 is 0. The van der Waals surface area contributed by atoms with Gasteiger partial charge in [0.2, 0.25) is 0 Å². The number of morpholine rings is 1. The second-order valence-corrected chi connectivity index (χ2v) is 5.56. The van der Waals surface area contributed by atoms with Crippen molar-refractivity contribution in [3.8, 4) is 0 Å². The Morgan fingerprint density at radius 3 is 2.87 bits per heavy atom. The molecule has 1 heterocycles. The van der Waals surface area contributed by atoms with Crippen molar-refractivity contribution < 1.29 is 9.13 Å². The van der Waals surface area contributed by atoms with Crippen LogP contribution >= 0.6 is 0 Å². The molecule has 0 spiro atoms. The number of hydrogen-bond donors (Lipinski definition) is 2. The Hall–Kier alpha value is -1.66. The lowest BCUT2D eigenvalue weighted by Crippen LogP contribution is -2.40. The van der Waals surface area contributed by atoms with E-state index >= 15 is 0 Å². The molecular formula is C17H27FN4O. The number of guanidine groups is 1. The number of ether oxygens (including phenoxy) is 1. The van der Waals surface area contributed by atoms with Gasteiger partial charge in [0.15, 0.2) is 5.96 Å². The van der Waals surface area contributed by atoms with Crippen LogP contribution in [0.15, 0.2) is 29.3 Å². The number of hydrogen-bond acceptors (Lipinski definition) is 3. The molecule has 128 valence electrons. The van der Waals surface area contributed by atoms with Crippen LogP contribution in [0.5, 0.6) is 0 Å². The van der Waals surface area contributed by atoms with Crippen molar-refractivity contribution in [2.75, 3.05) is 45.9 Å². The number of benzene rings is 1. The van der Waals surface area contributed by atoms with Crippen molar-refractivity contribution in [1.29, 1.82) is 0 Å². The predicted molar refractivity (Wildman–Crippen MR) is 91.1 cm³/mol. The van der Waals surface area contributed by atoms with Crippen LogP contribution in [-0.2, 0) is 11.3 Å². The number of nitrogens with one attached hydrogen (secondary N) is 2. The first-order chi connectivity index (χ1) is 11.3. The van der Waals surface area contributed by atoms with Gasteiger partial charge in [-0.2, -0.15) is 0 Å². The fourth-order valence-electron chi connectivity index (χ4n) is 2.48. The van der Waals surface area contributed by atoms with E-state index in [0.717, 1.165) is 63.9 Å². The monoisotopic (exact) mass is 322 g/mol. The molecular weight excluding hydrogens is 295 g/mol. The Balaban J connectivity index is 1.72. The summed E-state index contributed by atoms with van der Waals surface area (Å²) in [5, 5.41) is 6.55. The molecule has 1 aromatic rings. The van der Waals surface area contributed by atoms with Crippen LogP contribution in [0.25, 0.3) is 0 Å². The first-order valence-electron chi connectivity index (χ1n) is 8.34. The van der Waals surface area contributed by atoms with Crippen molar-refractivity contribution in [2.24, 2.45) is 4.99 Å². The summed E-state index contributed by atoms with van der Waals surface area (Å²) in [6.07, 6.45) is 1.06. The van der Waals surface area contributed by atoms with E-state index in [1.165, 1.54) is 12.1 Å². The van der Waals surface area contributed by atoms with Crippen molar-refractivity contribution in [2.45, 2.75) is 19.9 Å². The molecule has 0 aromatic heterocycles. The zero-order chi connectivity index (χ0) is 16.3. The van der Waals surface area contributed by atoms with Crippen molar-refractivity contribution in [1.82, 2.24) is 15.5 Å². The number of nitrogens with zero attached hydrogens (tertiary/aromatic N) is 2. The minimum atomic E-state index is -0.221. The molecule has 1 saturated heterocycles. The fraction of sp³-hybridized carbons (Fsp3) is 0.588. The molecule has 2 N–H and O–H groups in total. The SMILES string of the molecule is CCNC(=NCc1cccc(F)c1)NCCCN1CCOCC1. The normalized spacial score (nSPS) is 16.3. The van der Waals surface area contributed by atoms with E-state index in [0.29, 0.717) is 6.54 Å². The zero-order valence-electron chi connectivity index (χ0n) is 13.9. The second kappa shape index (κ2) is 10.2. The van der Waals surface area contributed by atoms with Crippen LogP contribution in [0.1, 0.15) is 18.9 Å². The minimum Gasteiger partial charge on any atom is -0.379 e. The average Bonchev–Trinajstić information content (AvgIpc) is 2.57. The van der Waals surface area contributed by atoms with Gasteiger partial charge in [-0.15, -0.1) is 0 Å². The minimum absolute atomic E-state index is 0.221. The Bertz CT molecular complexity index is 489. The predicted octanol–water partition coefficient (Wildman–Crippen LogP) is 1.60. The van der Waals surface area contributed by atoms with Gasteiger partial charge in [-0.05, 0) is 37.6 Å². The molecule has 2 rings (SSSR count). The Morgan fingerprint density at radius 1 is 1.30 bits per heavy atom. The van der Waals surface area contributed by atoms with E-state index in [9.17, 15) is 4.39 Å². The van der Waals surface area contributed by atoms with Crippen LogP contribution in [0.2, 0.25) is 0 Å². The van der Waals surface area contributed by atoms with Crippen molar-refractivity contribution >= 4 is 5.96 Å². The third-order valence-electron chi connectivity index (χ3n) is 3.70. The topological polar surface area (TPSA) is 48.9 Å². The highest BCUT2D eigenvalue weighted by Gasteiger charge is 2.09. The molecule has 0 amide bonds. The molecule has 1 aliphatic rings. The number of aliphatic imine (C=N–C) groups is 1. The van der Waals surface area contributed by atoms with Crippen LogP contribution in [0, 0.1) is 5.82 Å². The van der Waals surface area contributed by atoms with Gasteiger partial charge < -0.3 is 15.4 Å². The molecule has 0 atom stereocenters. The van der Waals surface area contributed by atoms with Crippen LogP contribution < -0.4 is 10.6 Å². The summed E-state index contributed by atoms with van der Waals surface area (Å²) < 4.78 is 18.5. The lowest BCUT2D eigenvalue weighted by Gasteiger charge is -2.26. The van der Waals surface area contributed by atoms with E-state index in [2.05, 4.69) is 20.5 Å².